The molecule has 0 radical (unpaired) electrons. The molecule has 0 aliphatic carbocycles. The molecule has 0 spiro atoms. The first kappa shape index (κ1) is 15.0. The van der Waals surface area contributed by atoms with Crippen LogP contribution in [0.15, 0.2) is 41.4 Å². The maximum atomic E-state index is 11.4. The van der Waals surface area contributed by atoms with Crippen LogP contribution >= 0.6 is 15.9 Å². The van der Waals surface area contributed by atoms with Gasteiger partial charge in [-0.2, -0.15) is 4.31 Å². The van der Waals surface area contributed by atoms with E-state index < -0.39 is 10.0 Å². The fourth-order valence-corrected chi connectivity index (χ4v) is 2.16. The van der Waals surface area contributed by atoms with Crippen LogP contribution in [0.5, 0.6) is 0 Å². The summed E-state index contributed by atoms with van der Waals surface area (Å²) in [6, 6.07) is 7.52. The molecule has 0 bridgehead atoms. The Morgan fingerprint density at radius 3 is 2.50 bits per heavy atom. The summed E-state index contributed by atoms with van der Waals surface area (Å²) in [4.78, 5) is 0. The molecule has 0 aromatic heterocycles. The summed E-state index contributed by atoms with van der Waals surface area (Å²) in [5.41, 5.74) is 0.852. The molecule has 1 aromatic carbocycles. The number of nitrogens with zero attached hydrogens (tertiary/aromatic N) is 1. The van der Waals surface area contributed by atoms with Crippen LogP contribution < -0.4 is 0 Å². The Balaban J connectivity index is 2.74. The summed E-state index contributed by atoms with van der Waals surface area (Å²) in [7, 11) is -3.24. The third kappa shape index (κ3) is 5.05. The molecule has 0 unspecified atom stereocenters. The molecule has 0 fully saturated rings. The lowest BCUT2D eigenvalue weighted by Gasteiger charge is -2.14. The van der Waals surface area contributed by atoms with Gasteiger partial charge >= 0.3 is 0 Å². The van der Waals surface area contributed by atoms with Gasteiger partial charge in [-0.25, -0.2) is 8.42 Å². The Bertz CT molecular complexity index is 567. The van der Waals surface area contributed by atoms with Crippen LogP contribution in [0, 0.1) is 11.8 Å². The molecule has 0 aliphatic rings. The summed E-state index contributed by atoms with van der Waals surface area (Å²) in [5.74, 6) is 5.77. The fraction of sp³-hybridized carbons (Fsp3) is 0.231. The van der Waals surface area contributed by atoms with Crippen molar-refractivity contribution in [3.8, 4) is 11.8 Å². The normalized spacial score (nSPS) is 10.8. The second-order valence-electron chi connectivity index (χ2n) is 3.65. The Hall–Kier alpha value is -1.09. The lowest BCUT2D eigenvalue weighted by molar-refractivity contribution is 0.484. The molecule has 0 amide bonds. The van der Waals surface area contributed by atoms with Crippen LogP contribution in [0.4, 0.5) is 0 Å². The van der Waals surface area contributed by atoms with E-state index in [1.807, 2.05) is 24.3 Å². The van der Waals surface area contributed by atoms with E-state index in [1.165, 1.54) is 4.31 Å². The number of benzene rings is 1. The zero-order chi connectivity index (χ0) is 13.6. The summed E-state index contributed by atoms with van der Waals surface area (Å²) in [6.45, 7) is 3.97. The Morgan fingerprint density at radius 1 is 1.39 bits per heavy atom. The zero-order valence-corrected chi connectivity index (χ0v) is 12.5. The van der Waals surface area contributed by atoms with Crippen LogP contribution in [0.1, 0.15) is 5.56 Å². The van der Waals surface area contributed by atoms with Crippen LogP contribution in [0.2, 0.25) is 0 Å². The highest BCUT2D eigenvalue weighted by Gasteiger charge is 2.12. The van der Waals surface area contributed by atoms with Gasteiger partial charge in [-0.05, 0) is 24.3 Å². The van der Waals surface area contributed by atoms with E-state index in [4.69, 9.17) is 0 Å². The van der Waals surface area contributed by atoms with Crippen molar-refractivity contribution in [1.29, 1.82) is 0 Å². The Morgan fingerprint density at radius 2 is 2.00 bits per heavy atom. The highest BCUT2D eigenvalue weighted by molar-refractivity contribution is 9.10. The molecule has 0 atom stereocenters. The number of hydrogen-bond acceptors (Lipinski definition) is 2. The first-order valence-electron chi connectivity index (χ1n) is 5.24. The quantitative estimate of drug-likeness (QED) is 0.628. The average molecular weight is 328 g/mol. The van der Waals surface area contributed by atoms with Crippen molar-refractivity contribution < 1.29 is 8.42 Å². The van der Waals surface area contributed by atoms with E-state index in [0.717, 1.165) is 16.3 Å². The van der Waals surface area contributed by atoms with Gasteiger partial charge in [0.25, 0.3) is 0 Å². The summed E-state index contributed by atoms with van der Waals surface area (Å²) >= 11 is 3.34. The molecule has 0 heterocycles. The van der Waals surface area contributed by atoms with E-state index in [-0.39, 0.29) is 13.1 Å². The minimum absolute atomic E-state index is 0.168. The molecule has 1 aromatic rings. The number of hydrogen-bond donors (Lipinski definition) is 0. The van der Waals surface area contributed by atoms with Gasteiger partial charge in [0.15, 0.2) is 0 Å². The molecule has 0 saturated heterocycles. The van der Waals surface area contributed by atoms with Crippen molar-refractivity contribution in [3.63, 3.8) is 0 Å². The van der Waals surface area contributed by atoms with Crippen LogP contribution in [0.25, 0.3) is 0 Å². The van der Waals surface area contributed by atoms with E-state index in [1.54, 1.807) is 6.08 Å². The average Bonchev–Trinajstić information content (AvgIpc) is 2.29. The summed E-state index contributed by atoms with van der Waals surface area (Å²) < 4.78 is 25.1. The van der Waals surface area contributed by atoms with Gasteiger partial charge in [0.2, 0.25) is 10.0 Å². The smallest absolute Gasteiger partial charge is 0.212 e. The van der Waals surface area contributed by atoms with Gasteiger partial charge in [-0.3, -0.25) is 0 Å². The van der Waals surface area contributed by atoms with Crippen molar-refractivity contribution in [2.75, 3.05) is 19.3 Å². The third-order valence-corrected chi connectivity index (χ3v) is 3.88. The number of halogens is 1. The van der Waals surface area contributed by atoms with E-state index in [0.29, 0.717) is 0 Å². The fourth-order valence-electron chi connectivity index (χ4n) is 1.22. The SMILES string of the molecule is C=CCN(CC#Cc1ccc(Br)cc1)S(C)(=O)=O. The minimum atomic E-state index is -3.24. The first-order valence-corrected chi connectivity index (χ1v) is 7.88. The van der Waals surface area contributed by atoms with Crippen LogP contribution in [0.3, 0.4) is 0 Å². The number of rotatable bonds is 4. The van der Waals surface area contributed by atoms with Gasteiger partial charge in [-0.15, -0.1) is 6.58 Å². The van der Waals surface area contributed by atoms with Gasteiger partial charge in [0.1, 0.15) is 0 Å². The minimum Gasteiger partial charge on any atom is -0.212 e. The molecule has 0 saturated carbocycles. The molecule has 96 valence electrons. The number of sulfonamides is 1. The van der Waals surface area contributed by atoms with E-state index >= 15 is 0 Å². The van der Waals surface area contributed by atoms with Crippen LogP contribution in [-0.4, -0.2) is 32.1 Å². The largest absolute Gasteiger partial charge is 0.212 e. The lowest BCUT2D eigenvalue weighted by Crippen LogP contribution is -2.30. The zero-order valence-electron chi connectivity index (χ0n) is 10.1. The molecule has 5 heteroatoms. The molecule has 0 N–H and O–H groups in total. The van der Waals surface area contributed by atoms with Gasteiger partial charge < -0.3 is 0 Å². The molecule has 1 rings (SSSR count). The maximum absolute atomic E-state index is 11.4. The molecular formula is C13H14BrNO2S. The maximum Gasteiger partial charge on any atom is 0.212 e. The third-order valence-electron chi connectivity index (χ3n) is 2.13. The molecule has 18 heavy (non-hydrogen) atoms. The van der Waals surface area contributed by atoms with Gasteiger partial charge in [0, 0.05) is 16.6 Å². The lowest BCUT2D eigenvalue weighted by atomic mass is 10.2. The van der Waals surface area contributed by atoms with Crippen LogP contribution in [-0.2, 0) is 10.0 Å². The predicted molar refractivity (Wildman–Crippen MR) is 77.6 cm³/mol. The summed E-state index contributed by atoms with van der Waals surface area (Å²) in [5, 5.41) is 0. The monoisotopic (exact) mass is 327 g/mol. The standard InChI is InChI=1S/C13H14BrNO2S/c1-3-10-15(18(2,16)17)11-4-5-12-6-8-13(14)9-7-12/h3,6-9H,1,10-11H2,2H3. The van der Waals surface area contributed by atoms with Gasteiger partial charge in [-0.1, -0.05) is 33.8 Å². The van der Waals surface area contributed by atoms with Crippen molar-refractivity contribution in [3.05, 3.63) is 47.0 Å². The molecular weight excluding hydrogens is 314 g/mol. The van der Waals surface area contributed by atoms with Gasteiger partial charge in [0.05, 0.1) is 12.8 Å². The second-order valence-corrected chi connectivity index (χ2v) is 6.55. The van der Waals surface area contributed by atoms with Crippen molar-refractivity contribution in [2.24, 2.45) is 0 Å². The topological polar surface area (TPSA) is 37.4 Å². The second kappa shape index (κ2) is 6.74. The first-order chi connectivity index (χ1) is 8.43. The van der Waals surface area contributed by atoms with Crippen molar-refractivity contribution in [1.82, 2.24) is 4.31 Å². The Labute approximate surface area is 117 Å². The molecule has 0 aliphatic heterocycles. The molecule has 3 nitrogen and oxygen atoms in total. The van der Waals surface area contributed by atoms with E-state index in [2.05, 4.69) is 34.3 Å². The highest BCUT2D eigenvalue weighted by atomic mass is 79.9. The predicted octanol–water partition coefficient (Wildman–Crippen LogP) is 2.25. The highest BCUT2D eigenvalue weighted by Crippen LogP contribution is 2.09. The Kier molecular flexibility index (Phi) is 5.60. The summed E-state index contributed by atoms with van der Waals surface area (Å²) in [6.07, 6.45) is 2.71. The van der Waals surface area contributed by atoms with Crippen molar-refractivity contribution >= 4 is 26.0 Å². The van der Waals surface area contributed by atoms with E-state index in [9.17, 15) is 8.42 Å². The van der Waals surface area contributed by atoms with Crippen molar-refractivity contribution in [2.45, 2.75) is 0 Å².